The quantitative estimate of drug-likeness (QED) is 0.704. The lowest BCUT2D eigenvalue weighted by Crippen LogP contribution is -1.92. The fourth-order valence-corrected chi connectivity index (χ4v) is 2.00. The number of hydrogen-bond donors (Lipinski definition) is 1. The summed E-state index contributed by atoms with van der Waals surface area (Å²) in [4.78, 5) is 4.30. The third kappa shape index (κ3) is 1.87. The van der Waals surface area contributed by atoms with E-state index in [9.17, 15) is 0 Å². The monoisotopic (exact) mass is 246 g/mol. The molecule has 2 heterocycles. The van der Waals surface area contributed by atoms with Crippen LogP contribution < -0.4 is 0 Å². The highest BCUT2D eigenvalue weighted by Crippen LogP contribution is 2.16. The standard InChI is InChI=1S/C11H10N4OS/c1-15-9-3-2-7(4-8(9)6-12-15)5-10-13-11(17)16-14-10/h2-4,6H,5H2,1H3,(H,13,14,17). The number of rotatable bonds is 2. The molecule has 1 N–H and O–H groups in total. The fraction of sp³-hybridized carbons (Fsp3) is 0.182. The van der Waals surface area contributed by atoms with Gasteiger partial charge in [0.25, 0.3) is 0 Å². The minimum Gasteiger partial charge on any atom is -0.348 e. The highest BCUT2D eigenvalue weighted by Gasteiger charge is 2.04. The SMILES string of the molecule is Cn1ncc2cc(Cc3nc(=S)o[nH]3)ccc21. The van der Waals surface area contributed by atoms with E-state index < -0.39 is 0 Å². The molecule has 0 spiro atoms. The number of benzene rings is 1. The zero-order valence-electron chi connectivity index (χ0n) is 9.17. The summed E-state index contributed by atoms with van der Waals surface area (Å²) in [5.41, 5.74) is 2.26. The van der Waals surface area contributed by atoms with E-state index in [1.807, 2.05) is 24.0 Å². The van der Waals surface area contributed by atoms with Crippen LogP contribution in [0.5, 0.6) is 0 Å². The molecule has 0 aliphatic rings. The number of aryl methyl sites for hydroxylation is 1. The van der Waals surface area contributed by atoms with Crippen LogP contribution in [0.1, 0.15) is 11.4 Å². The Morgan fingerprint density at radius 1 is 1.47 bits per heavy atom. The van der Waals surface area contributed by atoms with E-state index in [0.29, 0.717) is 6.42 Å². The van der Waals surface area contributed by atoms with Crippen LogP contribution in [0, 0.1) is 4.84 Å². The normalized spacial score (nSPS) is 11.1. The summed E-state index contributed by atoms with van der Waals surface area (Å²) in [6, 6.07) is 6.19. The smallest absolute Gasteiger partial charge is 0.314 e. The molecule has 86 valence electrons. The Bertz CT molecular complexity index is 724. The summed E-state index contributed by atoms with van der Waals surface area (Å²) in [6.07, 6.45) is 2.52. The molecule has 0 bridgehead atoms. The molecule has 0 saturated heterocycles. The fourth-order valence-electron chi connectivity index (χ4n) is 1.85. The molecule has 0 aliphatic carbocycles. The van der Waals surface area contributed by atoms with Gasteiger partial charge in [0.1, 0.15) is 5.82 Å². The summed E-state index contributed by atoms with van der Waals surface area (Å²) in [5, 5.41) is 8.02. The number of aromatic amines is 1. The molecule has 2 aromatic heterocycles. The van der Waals surface area contributed by atoms with Crippen LogP contribution in [0.2, 0.25) is 0 Å². The van der Waals surface area contributed by atoms with Crippen LogP contribution in [-0.2, 0) is 13.5 Å². The van der Waals surface area contributed by atoms with E-state index in [0.717, 1.165) is 22.3 Å². The first-order chi connectivity index (χ1) is 8.22. The molecule has 0 amide bonds. The number of fused-ring (bicyclic) bond motifs is 1. The number of aromatic nitrogens is 4. The van der Waals surface area contributed by atoms with Gasteiger partial charge in [-0.1, -0.05) is 6.07 Å². The summed E-state index contributed by atoms with van der Waals surface area (Å²) in [6.45, 7) is 0. The van der Waals surface area contributed by atoms with Crippen molar-refractivity contribution in [2.24, 2.45) is 7.05 Å². The number of hydrogen-bond acceptors (Lipinski definition) is 4. The van der Waals surface area contributed by atoms with E-state index in [4.69, 9.17) is 16.7 Å². The van der Waals surface area contributed by atoms with Crippen LogP contribution in [0.15, 0.2) is 28.9 Å². The summed E-state index contributed by atoms with van der Waals surface area (Å²) >= 11 is 4.81. The lowest BCUT2D eigenvalue weighted by Gasteiger charge is -1.99. The highest BCUT2D eigenvalue weighted by atomic mass is 32.1. The van der Waals surface area contributed by atoms with E-state index >= 15 is 0 Å². The first-order valence-electron chi connectivity index (χ1n) is 5.17. The Labute approximate surface area is 102 Å². The van der Waals surface area contributed by atoms with Gasteiger partial charge in [0.05, 0.1) is 11.7 Å². The average molecular weight is 246 g/mol. The van der Waals surface area contributed by atoms with Gasteiger partial charge in [0.2, 0.25) is 0 Å². The molecular weight excluding hydrogens is 236 g/mol. The molecule has 0 saturated carbocycles. The number of nitrogens with one attached hydrogen (secondary N) is 1. The molecule has 17 heavy (non-hydrogen) atoms. The topological polar surface area (TPSA) is 59.6 Å². The maximum Gasteiger partial charge on any atom is 0.314 e. The van der Waals surface area contributed by atoms with E-state index in [1.54, 1.807) is 0 Å². The summed E-state index contributed by atoms with van der Waals surface area (Å²) < 4.78 is 6.74. The second-order valence-corrected chi connectivity index (χ2v) is 4.22. The highest BCUT2D eigenvalue weighted by molar-refractivity contribution is 7.71. The van der Waals surface area contributed by atoms with Gasteiger partial charge in [-0.3, -0.25) is 4.68 Å². The Morgan fingerprint density at radius 3 is 3.12 bits per heavy atom. The van der Waals surface area contributed by atoms with Crippen molar-refractivity contribution >= 4 is 23.1 Å². The predicted molar refractivity (Wildman–Crippen MR) is 65.2 cm³/mol. The van der Waals surface area contributed by atoms with E-state index in [2.05, 4.69) is 27.4 Å². The van der Waals surface area contributed by atoms with E-state index in [1.165, 1.54) is 0 Å². The molecule has 3 rings (SSSR count). The number of nitrogens with zero attached hydrogens (tertiary/aromatic N) is 3. The molecule has 0 radical (unpaired) electrons. The molecular formula is C11H10N4OS. The van der Waals surface area contributed by atoms with Crippen LogP contribution in [-0.4, -0.2) is 19.9 Å². The Morgan fingerprint density at radius 2 is 2.35 bits per heavy atom. The van der Waals surface area contributed by atoms with Crippen LogP contribution in [0.3, 0.4) is 0 Å². The van der Waals surface area contributed by atoms with Gasteiger partial charge in [-0.05, 0) is 29.9 Å². The Balaban J connectivity index is 1.98. The van der Waals surface area contributed by atoms with Crippen LogP contribution >= 0.6 is 12.2 Å². The van der Waals surface area contributed by atoms with Crippen molar-refractivity contribution in [2.75, 3.05) is 0 Å². The second-order valence-electron chi connectivity index (χ2n) is 3.87. The van der Waals surface area contributed by atoms with Crippen molar-refractivity contribution in [1.29, 1.82) is 0 Å². The van der Waals surface area contributed by atoms with Gasteiger partial charge >= 0.3 is 4.84 Å². The molecule has 0 aliphatic heterocycles. The zero-order valence-corrected chi connectivity index (χ0v) is 9.99. The lowest BCUT2D eigenvalue weighted by molar-refractivity contribution is 0.399. The minimum atomic E-state index is 0.238. The van der Waals surface area contributed by atoms with Crippen molar-refractivity contribution in [2.45, 2.75) is 6.42 Å². The summed E-state index contributed by atoms with van der Waals surface area (Å²) in [7, 11) is 1.93. The molecule has 1 aromatic carbocycles. The third-order valence-corrected chi connectivity index (χ3v) is 2.84. The second kappa shape index (κ2) is 3.81. The summed E-state index contributed by atoms with van der Waals surface area (Å²) in [5.74, 6) is 0.734. The van der Waals surface area contributed by atoms with Gasteiger partial charge in [0, 0.05) is 18.9 Å². The predicted octanol–water partition coefficient (Wildman–Crippen LogP) is 2.21. The van der Waals surface area contributed by atoms with E-state index in [-0.39, 0.29) is 4.84 Å². The van der Waals surface area contributed by atoms with Crippen molar-refractivity contribution in [3.8, 4) is 0 Å². The van der Waals surface area contributed by atoms with Crippen molar-refractivity contribution < 1.29 is 4.52 Å². The van der Waals surface area contributed by atoms with Gasteiger partial charge in [-0.2, -0.15) is 10.1 Å². The maximum absolute atomic E-state index is 4.89. The lowest BCUT2D eigenvalue weighted by atomic mass is 10.1. The zero-order chi connectivity index (χ0) is 11.8. The molecule has 5 nitrogen and oxygen atoms in total. The largest absolute Gasteiger partial charge is 0.348 e. The molecule has 3 aromatic rings. The van der Waals surface area contributed by atoms with Crippen molar-refractivity contribution in [1.82, 2.24) is 19.9 Å². The Hall–Kier alpha value is -1.95. The minimum absolute atomic E-state index is 0.238. The first-order valence-corrected chi connectivity index (χ1v) is 5.58. The van der Waals surface area contributed by atoms with Crippen LogP contribution in [0.4, 0.5) is 0 Å². The maximum atomic E-state index is 4.89. The average Bonchev–Trinajstić information content (AvgIpc) is 2.87. The van der Waals surface area contributed by atoms with Crippen molar-refractivity contribution in [3.05, 3.63) is 40.6 Å². The third-order valence-electron chi connectivity index (χ3n) is 2.66. The van der Waals surface area contributed by atoms with Gasteiger partial charge in [-0.15, -0.1) is 0 Å². The van der Waals surface area contributed by atoms with Crippen LogP contribution in [0.25, 0.3) is 10.9 Å². The first kappa shape index (κ1) is 10.2. The molecule has 0 atom stereocenters. The van der Waals surface area contributed by atoms with Crippen molar-refractivity contribution in [3.63, 3.8) is 0 Å². The molecule has 0 unspecified atom stereocenters. The van der Waals surface area contributed by atoms with Gasteiger partial charge in [0.15, 0.2) is 0 Å². The molecule has 6 heteroatoms. The Kier molecular flexibility index (Phi) is 2.29. The number of H-pyrrole nitrogens is 1. The molecule has 0 fully saturated rings. The van der Waals surface area contributed by atoms with Gasteiger partial charge < -0.3 is 4.52 Å². The van der Waals surface area contributed by atoms with Gasteiger partial charge in [-0.25, -0.2) is 5.16 Å².